The smallest absolute Gasteiger partial charge is 0.504 e. The van der Waals surface area contributed by atoms with Crippen molar-refractivity contribution >= 4 is 6.16 Å². The monoisotopic (exact) mass is 402 g/mol. The van der Waals surface area contributed by atoms with Gasteiger partial charge in [0.15, 0.2) is 17.7 Å². The molecule has 1 aromatic rings. The van der Waals surface area contributed by atoms with Crippen LogP contribution >= 0.6 is 0 Å². The van der Waals surface area contributed by atoms with Gasteiger partial charge in [0.05, 0.1) is 13.2 Å². The van der Waals surface area contributed by atoms with Crippen molar-refractivity contribution in [1.29, 1.82) is 0 Å². The summed E-state index contributed by atoms with van der Waals surface area (Å²) in [5.41, 5.74) is 0.811. The molecular formula is C17H26N2O9. The Bertz CT molecular complexity index is 627. The molecule has 158 valence electrons. The Morgan fingerprint density at radius 3 is 2.61 bits per heavy atom. The van der Waals surface area contributed by atoms with Gasteiger partial charge in [-0.3, -0.25) is 5.32 Å². The van der Waals surface area contributed by atoms with Crippen LogP contribution in [0.5, 0.6) is 11.5 Å². The van der Waals surface area contributed by atoms with E-state index in [1.807, 2.05) is 6.92 Å². The number of nitrogens with zero attached hydrogens (tertiary/aromatic N) is 1. The quantitative estimate of drug-likeness (QED) is 0.111. The lowest BCUT2D eigenvalue weighted by atomic mass is 10.1. The van der Waals surface area contributed by atoms with Gasteiger partial charge in [-0.15, -0.1) is 10.1 Å². The summed E-state index contributed by atoms with van der Waals surface area (Å²) < 4.78 is 15.1. The highest BCUT2D eigenvalue weighted by Gasteiger charge is 2.14. The van der Waals surface area contributed by atoms with E-state index in [1.54, 1.807) is 13.0 Å². The van der Waals surface area contributed by atoms with Crippen molar-refractivity contribution in [3.05, 3.63) is 33.9 Å². The fourth-order valence-electron chi connectivity index (χ4n) is 2.31. The maximum Gasteiger partial charge on any atom is 0.509 e. The molecule has 0 aliphatic carbocycles. The predicted octanol–water partition coefficient (Wildman–Crippen LogP) is 1.73. The maximum absolute atomic E-state index is 11.6. The summed E-state index contributed by atoms with van der Waals surface area (Å²) >= 11 is 0. The van der Waals surface area contributed by atoms with Gasteiger partial charge in [0.1, 0.15) is 6.61 Å². The van der Waals surface area contributed by atoms with Crippen LogP contribution in [0.25, 0.3) is 0 Å². The summed E-state index contributed by atoms with van der Waals surface area (Å²) in [6, 6.07) is 4.50. The molecule has 0 spiro atoms. The van der Waals surface area contributed by atoms with Crippen LogP contribution in [0.15, 0.2) is 18.2 Å². The Kier molecular flexibility index (Phi) is 10.4. The molecule has 11 heteroatoms. The maximum atomic E-state index is 11.6. The minimum atomic E-state index is -0.871. The van der Waals surface area contributed by atoms with Crippen molar-refractivity contribution in [2.24, 2.45) is 0 Å². The van der Waals surface area contributed by atoms with E-state index in [9.17, 15) is 25.1 Å². The van der Waals surface area contributed by atoms with Gasteiger partial charge in [-0.25, -0.2) is 4.79 Å². The molecular weight excluding hydrogens is 376 g/mol. The topological polar surface area (TPSA) is 150 Å². The molecule has 3 N–H and O–H groups in total. The van der Waals surface area contributed by atoms with Crippen molar-refractivity contribution in [3.8, 4) is 11.5 Å². The fraction of sp³-hybridized carbons (Fsp3) is 0.588. The van der Waals surface area contributed by atoms with Crippen molar-refractivity contribution in [2.75, 3.05) is 26.4 Å². The molecule has 0 heterocycles. The van der Waals surface area contributed by atoms with Crippen molar-refractivity contribution in [2.45, 2.75) is 39.0 Å². The third-order valence-corrected chi connectivity index (χ3v) is 3.45. The second-order valence-electron chi connectivity index (χ2n) is 5.98. The molecule has 1 rings (SSSR count). The fourth-order valence-corrected chi connectivity index (χ4v) is 2.31. The summed E-state index contributed by atoms with van der Waals surface area (Å²) in [6.07, 6.45) is -0.559. The van der Waals surface area contributed by atoms with Gasteiger partial charge in [0, 0.05) is 12.6 Å². The molecule has 0 bridgehead atoms. The minimum absolute atomic E-state index is 0.00994. The zero-order chi connectivity index (χ0) is 20.9. The number of ether oxygens (including phenoxy) is 3. The highest BCUT2D eigenvalue weighted by molar-refractivity contribution is 5.60. The Labute approximate surface area is 162 Å². The number of hydrogen-bond donors (Lipinski definition) is 3. The first kappa shape index (κ1) is 23.2. The molecule has 2 atom stereocenters. The van der Waals surface area contributed by atoms with E-state index in [0.29, 0.717) is 12.8 Å². The first-order valence-corrected chi connectivity index (χ1v) is 8.73. The number of carbonyl (C=O) groups excluding carboxylic acids is 1. The Hall–Kier alpha value is -2.79. The highest BCUT2D eigenvalue weighted by Crippen LogP contribution is 2.25. The average molecular weight is 402 g/mol. The van der Waals surface area contributed by atoms with Crippen LogP contribution in [0.3, 0.4) is 0 Å². The van der Waals surface area contributed by atoms with Crippen LogP contribution in [0.1, 0.15) is 25.8 Å². The summed E-state index contributed by atoms with van der Waals surface area (Å²) in [5.74, 6) is -0.372. The average Bonchev–Trinajstić information content (AvgIpc) is 2.59. The lowest BCUT2D eigenvalue weighted by Gasteiger charge is -2.20. The number of phenolic OH excluding ortho intramolecular Hbond substituents is 2. The highest BCUT2D eigenvalue weighted by atomic mass is 16.9. The Morgan fingerprint density at radius 2 is 1.93 bits per heavy atom. The number of carbonyl (C=O) groups is 1. The number of aromatic hydroxyl groups is 2. The van der Waals surface area contributed by atoms with Crippen molar-refractivity contribution in [3.63, 3.8) is 0 Å². The molecule has 0 fully saturated rings. The van der Waals surface area contributed by atoms with E-state index in [-0.39, 0.29) is 44.0 Å². The second-order valence-corrected chi connectivity index (χ2v) is 5.98. The van der Waals surface area contributed by atoms with Crippen molar-refractivity contribution in [1.82, 2.24) is 5.32 Å². The summed E-state index contributed by atoms with van der Waals surface area (Å²) in [4.78, 5) is 25.6. The van der Waals surface area contributed by atoms with E-state index in [4.69, 9.17) is 14.2 Å². The number of nitrogens with one attached hydrogen (secondary N) is 1. The molecule has 2 unspecified atom stereocenters. The molecule has 0 aliphatic rings. The minimum Gasteiger partial charge on any atom is -0.504 e. The molecule has 0 saturated heterocycles. The first-order valence-electron chi connectivity index (χ1n) is 8.73. The molecule has 0 saturated carbocycles. The van der Waals surface area contributed by atoms with Crippen LogP contribution in [0, 0.1) is 10.1 Å². The number of phenols is 2. The van der Waals surface area contributed by atoms with Gasteiger partial charge in [0.25, 0.3) is 5.09 Å². The largest absolute Gasteiger partial charge is 0.509 e. The van der Waals surface area contributed by atoms with Gasteiger partial charge in [-0.2, -0.15) is 0 Å². The Balaban J connectivity index is 2.13. The standard InChI is InChI=1S/C17H26N2O9/c1-12(10-14-4-5-15(20)16(21)11-14)18-13(2)28-17(22)26-9-8-25-6-3-7-27-19(23)24/h4-5,11-13,18,20-21H,3,6-10H2,1-2H3. The lowest BCUT2D eigenvalue weighted by Crippen LogP contribution is -2.39. The van der Waals surface area contributed by atoms with E-state index < -0.39 is 17.5 Å². The molecule has 0 radical (unpaired) electrons. The zero-order valence-corrected chi connectivity index (χ0v) is 15.8. The van der Waals surface area contributed by atoms with E-state index in [2.05, 4.69) is 10.2 Å². The molecule has 11 nitrogen and oxygen atoms in total. The van der Waals surface area contributed by atoms with E-state index >= 15 is 0 Å². The van der Waals surface area contributed by atoms with Crippen LogP contribution in [-0.2, 0) is 25.5 Å². The second kappa shape index (κ2) is 12.6. The Morgan fingerprint density at radius 1 is 1.18 bits per heavy atom. The molecule has 0 aliphatic heterocycles. The molecule has 28 heavy (non-hydrogen) atoms. The number of hydrogen-bond acceptors (Lipinski definition) is 10. The summed E-state index contributed by atoms with van der Waals surface area (Å²) in [5, 5.41) is 30.9. The van der Waals surface area contributed by atoms with Crippen LogP contribution in [0.4, 0.5) is 4.79 Å². The lowest BCUT2D eigenvalue weighted by molar-refractivity contribution is -0.757. The third kappa shape index (κ3) is 10.4. The SMILES string of the molecule is CC(Cc1ccc(O)c(O)c1)NC(C)OC(=O)OCCOCCCO[N+](=O)[O-]. The van der Waals surface area contributed by atoms with Crippen molar-refractivity contribution < 1.29 is 39.1 Å². The van der Waals surface area contributed by atoms with Crippen LogP contribution < -0.4 is 5.32 Å². The van der Waals surface area contributed by atoms with Gasteiger partial charge in [-0.1, -0.05) is 6.07 Å². The van der Waals surface area contributed by atoms with Crippen LogP contribution in [0.2, 0.25) is 0 Å². The van der Waals surface area contributed by atoms with Gasteiger partial charge in [0.2, 0.25) is 0 Å². The predicted molar refractivity (Wildman–Crippen MR) is 96.4 cm³/mol. The van der Waals surface area contributed by atoms with Gasteiger partial charge in [-0.05, 0) is 44.4 Å². The molecule has 0 amide bonds. The van der Waals surface area contributed by atoms with E-state index in [1.165, 1.54) is 12.1 Å². The number of benzene rings is 1. The molecule has 0 aromatic heterocycles. The summed E-state index contributed by atoms with van der Waals surface area (Å²) in [6.45, 7) is 3.85. The molecule has 1 aromatic carbocycles. The third-order valence-electron chi connectivity index (χ3n) is 3.45. The normalized spacial score (nSPS) is 12.8. The number of rotatable bonds is 13. The summed E-state index contributed by atoms with van der Waals surface area (Å²) in [7, 11) is 0. The first-order chi connectivity index (χ1) is 13.3. The van der Waals surface area contributed by atoms with Gasteiger partial charge >= 0.3 is 6.16 Å². The van der Waals surface area contributed by atoms with Gasteiger partial charge < -0.3 is 29.3 Å². The van der Waals surface area contributed by atoms with E-state index in [0.717, 1.165) is 5.56 Å². The van der Waals surface area contributed by atoms with Crippen LogP contribution in [-0.4, -0.2) is 60.2 Å². The zero-order valence-electron chi connectivity index (χ0n) is 15.8.